The summed E-state index contributed by atoms with van der Waals surface area (Å²) in [5, 5.41) is 8.44. The predicted molar refractivity (Wildman–Crippen MR) is 49.8 cm³/mol. The molecule has 0 aliphatic rings. The summed E-state index contributed by atoms with van der Waals surface area (Å²) in [5.74, 6) is -1.51. The van der Waals surface area contributed by atoms with Crippen LogP contribution in [0.1, 0.15) is 13.8 Å². The molecule has 0 aromatic heterocycles. The Labute approximate surface area is 83.3 Å². The third kappa shape index (κ3) is 6.45. The molecule has 5 heteroatoms. The van der Waals surface area contributed by atoms with E-state index in [0.717, 1.165) is 0 Å². The Morgan fingerprint density at radius 3 is 2.64 bits per heavy atom. The van der Waals surface area contributed by atoms with Crippen LogP contribution in [0.2, 0.25) is 0 Å². The SMILES string of the molecule is C=C(OC(C)OCCOCC)C(=O)O. The van der Waals surface area contributed by atoms with Gasteiger partial charge >= 0.3 is 5.97 Å². The molecule has 0 bridgehead atoms. The topological polar surface area (TPSA) is 65.0 Å². The number of rotatable bonds is 8. The number of carboxylic acid groups (broad SMARTS) is 1. The van der Waals surface area contributed by atoms with Crippen molar-refractivity contribution in [1.29, 1.82) is 0 Å². The Morgan fingerprint density at radius 2 is 2.14 bits per heavy atom. The number of ether oxygens (including phenoxy) is 3. The molecule has 1 atom stereocenters. The molecule has 0 saturated heterocycles. The number of carbonyl (C=O) groups is 1. The van der Waals surface area contributed by atoms with Gasteiger partial charge in [-0.25, -0.2) is 4.79 Å². The lowest BCUT2D eigenvalue weighted by Crippen LogP contribution is -2.18. The van der Waals surface area contributed by atoms with Gasteiger partial charge in [0, 0.05) is 6.61 Å². The van der Waals surface area contributed by atoms with Gasteiger partial charge in [-0.3, -0.25) is 0 Å². The van der Waals surface area contributed by atoms with Crippen molar-refractivity contribution >= 4 is 5.97 Å². The molecular weight excluding hydrogens is 188 g/mol. The normalized spacial score (nSPS) is 12.1. The van der Waals surface area contributed by atoms with E-state index in [2.05, 4.69) is 6.58 Å². The van der Waals surface area contributed by atoms with E-state index in [-0.39, 0.29) is 5.76 Å². The van der Waals surface area contributed by atoms with Crippen LogP contribution in [-0.2, 0) is 19.0 Å². The highest BCUT2D eigenvalue weighted by Gasteiger charge is 2.09. The third-order valence-corrected chi connectivity index (χ3v) is 1.33. The summed E-state index contributed by atoms with van der Waals surface area (Å²) in [6.45, 7) is 8.13. The third-order valence-electron chi connectivity index (χ3n) is 1.33. The molecule has 0 aromatic rings. The molecule has 0 spiro atoms. The van der Waals surface area contributed by atoms with Gasteiger partial charge in [-0.05, 0) is 20.4 Å². The van der Waals surface area contributed by atoms with Crippen LogP contribution >= 0.6 is 0 Å². The van der Waals surface area contributed by atoms with Gasteiger partial charge < -0.3 is 19.3 Å². The van der Waals surface area contributed by atoms with E-state index in [4.69, 9.17) is 19.3 Å². The Kier molecular flexibility index (Phi) is 6.78. The highest BCUT2D eigenvalue weighted by Crippen LogP contribution is 2.01. The van der Waals surface area contributed by atoms with Crippen molar-refractivity contribution in [3.05, 3.63) is 12.3 Å². The lowest BCUT2D eigenvalue weighted by Gasteiger charge is -2.14. The Morgan fingerprint density at radius 1 is 1.50 bits per heavy atom. The van der Waals surface area contributed by atoms with Crippen molar-refractivity contribution in [3.63, 3.8) is 0 Å². The van der Waals surface area contributed by atoms with Crippen molar-refractivity contribution in [1.82, 2.24) is 0 Å². The van der Waals surface area contributed by atoms with Crippen LogP contribution in [0.4, 0.5) is 0 Å². The molecular formula is C9H16O5. The first kappa shape index (κ1) is 12.9. The lowest BCUT2D eigenvalue weighted by atomic mass is 10.5. The highest BCUT2D eigenvalue weighted by atomic mass is 16.7. The number of hydrogen-bond acceptors (Lipinski definition) is 4. The maximum atomic E-state index is 10.3. The Balaban J connectivity index is 3.50. The fourth-order valence-electron chi connectivity index (χ4n) is 0.702. The molecule has 1 unspecified atom stereocenters. The van der Waals surface area contributed by atoms with Gasteiger partial charge in [0.1, 0.15) is 0 Å². The average molecular weight is 204 g/mol. The molecule has 0 aliphatic carbocycles. The van der Waals surface area contributed by atoms with Crippen molar-refractivity contribution < 1.29 is 24.1 Å². The molecule has 0 radical (unpaired) electrons. The summed E-state index contributed by atoms with van der Waals surface area (Å²) in [4.78, 5) is 10.3. The molecule has 0 aliphatic heterocycles. The van der Waals surface area contributed by atoms with Gasteiger partial charge in [-0.15, -0.1) is 0 Å². The van der Waals surface area contributed by atoms with Crippen LogP contribution < -0.4 is 0 Å². The molecule has 0 fully saturated rings. The minimum absolute atomic E-state index is 0.325. The molecule has 0 amide bonds. The van der Waals surface area contributed by atoms with E-state index in [0.29, 0.717) is 19.8 Å². The molecule has 0 heterocycles. The fourth-order valence-corrected chi connectivity index (χ4v) is 0.702. The van der Waals surface area contributed by atoms with Crippen molar-refractivity contribution in [2.75, 3.05) is 19.8 Å². The van der Waals surface area contributed by atoms with Gasteiger partial charge in [-0.2, -0.15) is 0 Å². The van der Waals surface area contributed by atoms with Gasteiger partial charge in [0.25, 0.3) is 0 Å². The smallest absolute Gasteiger partial charge is 0.370 e. The van der Waals surface area contributed by atoms with Crippen LogP contribution in [0.25, 0.3) is 0 Å². The maximum Gasteiger partial charge on any atom is 0.370 e. The van der Waals surface area contributed by atoms with E-state index < -0.39 is 12.3 Å². The van der Waals surface area contributed by atoms with Crippen LogP contribution in [0, 0.1) is 0 Å². The van der Waals surface area contributed by atoms with E-state index in [1.54, 1.807) is 6.92 Å². The number of hydrogen-bond donors (Lipinski definition) is 1. The number of aliphatic carboxylic acids is 1. The minimum atomic E-state index is -1.19. The van der Waals surface area contributed by atoms with E-state index in [9.17, 15) is 4.79 Å². The number of carboxylic acids is 1. The van der Waals surface area contributed by atoms with Crippen LogP contribution in [0.5, 0.6) is 0 Å². The van der Waals surface area contributed by atoms with Gasteiger partial charge in [0.15, 0.2) is 12.0 Å². The summed E-state index contributed by atoms with van der Waals surface area (Å²) in [7, 11) is 0. The molecule has 82 valence electrons. The van der Waals surface area contributed by atoms with Crippen LogP contribution in [0.15, 0.2) is 12.3 Å². The first-order valence-electron chi connectivity index (χ1n) is 4.36. The van der Waals surface area contributed by atoms with Gasteiger partial charge in [0.2, 0.25) is 0 Å². The van der Waals surface area contributed by atoms with Crippen molar-refractivity contribution in [3.8, 4) is 0 Å². The van der Waals surface area contributed by atoms with E-state index in [1.165, 1.54) is 0 Å². The zero-order valence-corrected chi connectivity index (χ0v) is 8.49. The summed E-state index contributed by atoms with van der Waals surface area (Å²) in [5.41, 5.74) is 0. The Bertz CT molecular complexity index is 190. The molecule has 0 rings (SSSR count). The van der Waals surface area contributed by atoms with Crippen LogP contribution in [-0.4, -0.2) is 37.2 Å². The largest absolute Gasteiger partial charge is 0.475 e. The average Bonchev–Trinajstić information content (AvgIpc) is 2.12. The first-order valence-corrected chi connectivity index (χ1v) is 4.36. The van der Waals surface area contributed by atoms with Crippen molar-refractivity contribution in [2.45, 2.75) is 20.1 Å². The standard InChI is InChI=1S/C9H16O5/c1-4-12-5-6-13-8(3)14-7(2)9(10)11/h8H,2,4-6H2,1,3H3,(H,10,11). The van der Waals surface area contributed by atoms with E-state index in [1.807, 2.05) is 6.92 Å². The highest BCUT2D eigenvalue weighted by molar-refractivity contribution is 5.83. The summed E-state index contributed by atoms with van der Waals surface area (Å²) >= 11 is 0. The van der Waals surface area contributed by atoms with Gasteiger partial charge in [-0.1, -0.05) is 0 Å². The second-order valence-corrected chi connectivity index (χ2v) is 2.48. The lowest BCUT2D eigenvalue weighted by molar-refractivity contribution is -0.150. The summed E-state index contributed by atoms with van der Waals surface area (Å²) < 4.78 is 14.9. The van der Waals surface area contributed by atoms with Crippen molar-refractivity contribution in [2.24, 2.45) is 0 Å². The van der Waals surface area contributed by atoms with Gasteiger partial charge in [0.05, 0.1) is 13.2 Å². The minimum Gasteiger partial charge on any atom is -0.475 e. The quantitative estimate of drug-likeness (QED) is 0.276. The zero-order chi connectivity index (χ0) is 11.0. The fraction of sp³-hybridized carbons (Fsp3) is 0.667. The molecule has 0 saturated carbocycles. The van der Waals surface area contributed by atoms with Crippen LogP contribution in [0.3, 0.4) is 0 Å². The molecule has 0 aromatic carbocycles. The zero-order valence-electron chi connectivity index (χ0n) is 8.49. The molecule has 5 nitrogen and oxygen atoms in total. The predicted octanol–water partition coefficient (Wildman–Crippen LogP) is 1.00. The second kappa shape index (κ2) is 7.34. The summed E-state index contributed by atoms with van der Waals surface area (Å²) in [6, 6.07) is 0. The molecule has 1 N–H and O–H groups in total. The van der Waals surface area contributed by atoms with E-state index >= 15 is 0 Å². The molecule has 14 heavy (non-hydrogen) atoms. The monoisotopic (exact) mass is 204 g/mol. The maximum absolute atomic E-state index is 10.3. The first-order chi connectivity index (χ1) is 6.57. The Hall–Kier alpha value is -1.07. The second-order valence-electron chi connectivity index (χ2n) is 2.48. The summed E-state index contributed by atoms with van der Waals surface area (Å²) in [6.07, 6.45) is -0.626.